The highest BCUT2D eigenvalue weighted by Gasteiger charge is 2.16. The van der Waals surface area contributed by atoms with E-state index in [-0.39, 0.29) is 0 Å². The number of aromatic nitrogens is 1. The number of para-hydroxylation sites is 2. The van der Waals surface area contributed by atoms with Crippen LogP contribution in [0.4, 0.5) is 0 Å². The summed E-state index contributed by atoms with van der Waals surface area (Å²) in [5, 5.41) is 2.56. The summed E-state index contributed by atoms with van der Waals surface area (Å²) in [7, 11) is 2.10. The standard InChI is InChI=1S/C29H23N3/c1-31-20-19-26(21-9-3-2-4-10-21)30-29(31)22-15-17-23(18-16-22)32-27-13-7-5-11-24(27)25-12-6-8-14-28(25)32/h2-19H,20H2,1H3. The minimum atomic E-state index is 0.845. The number of nitrogens with zero attached hydrogens (tertiary/aromatic N) is 3. The van der Waals surface area contributed by atoms with Crippen molar-refractivity contribution in [1.29, 1.82) is 0 Å². The Bertz CT molecular complexity index is 1440. The zero-order valence-corrected chi connectivity index (χ0v) is 17.9. The summed E-state index contributed by atoms with van der Waals surface area (Å²) in [6.07, 6.45) is 2.19. The number of hydrogen-bond acceptors (Lipinski definition) is 2. The first-order chi connectivity index (χ1) is 15.8. The van der Waals surface area contributed by atoms with Crippen molar-refractivity contribution in [3.8, 4) is 5.69 Å². The van der Waals surface area contributed by atoms with Gasteiger partial charge in [0, 0.05) is 35.6 Å². The molecule has 0 saturated heterocycles. The van der Waals surface area contributed by atoms with Crippen LogP contribution in [0.25, 0.3) is 33.2 Å². The van der Waals surface area contributed by atoms with Crippen LogP contribution >= 0.6 is 0 Å². The molecule has 0 bridgehead atoms. The number of hydrogen-bond donors (Lipinski definition) is 0. The fourth-order valence-electron chi connectivity index (χ4n) is 4.59. The van der Waals surface area contributed by atoms with Crippen molar-refractivity contribution in [2.45, 2.75) is 0 Å². The smallest absolute Gasteiger partial charge is 0.136 e. The van der Waals surface area contributed by atoms with Crippen LogP contribution in [0.15, 0.2) is 114 Å². The number of amidine groups is 1. The molecule has 0 atom stereocenters. The van der Waals surface area contributed by atoms with Gasteiger partial charge in [-0.05, 0) is 48.0 Å². The van der Waals surface area contributed by atoms with Crippen molar-refractivity contribution in [2.24, 2.45) is 4.99 Å². The molecule has 5 aromatic rings. The molecule has 1 aliphatic rings. The third-order valence-corrected chi connectivity index (χ3v) is 6.18. The molecule has 0 amide bonds. The van der Waals surface area contributed by atoms with Crippen LogP contribution in [0.1, 0.15) is 11.1 Å². The first-order valence-electron chi connectivity index (χ1n) is 10.9. The fourth-order valence-corrected chi connectivity index (χ4v) is 4.59. The Morgan fingerprint density at radius 1 is 0.625 bits per heavy atom. The average Bonchev–Trinajstić information content (AvgIpc) is 3.20. The van der Waals surface area contributed by atoms with E-state index in [1.807, 2.05) is 6.07 Å². The van der Waals surface area contributed by atoms with E-state index in [1.54, 1.807) is 0 Å². The third kappa shape index (κ3) is 3.02. The molecular weight excluding hydrogens is 390 g/mol. The van der Waals surface area contributed by atoms with Crippen LogP contribution in [0.5, 0.6) is 0 Å². The lowest BCUT2D eigenvalue weighted by atomic mass is 10.1. The van der Waals surface area contributed by atoms with Gasteiger partial charge in [0.25, 0.3) is 0 Å². The van der Waals surface area contributed by atoms with Crippen LogP contribution in [0, 0.1) is 0 Å². The molecule has 1 aliphatic heterocycles. The molecule has 3 heteroatoms. The summed E-state index contributed by atoms with van der Waals surface area (Å²) >= 11 is 0. The molecule has 0 aliphatic carbocycles. The number of benzene rings is 4. The second-order valence-electron chi connectivity index (χ2n) is 8.19. The topological polar surface area (TPSA) is 20.5 Å². The molecule has 0 fully saturated rings. The van der Waals surface area contributed by atoms with Gasteiger partial charge in [-0.1, -0.05) is 66.7 Å². The number of aliphatic imine (C=N–C) groups is 1. The van der Waals surface area contributed by atoms with E-state index in [4.69, 9.17) is 4.99 Å². The van der Waals surface area contributed by atoms with Crippen LogP contribution < -0.4 is 0 Å². The SMILES string of the molecule is CN1CC=C(c2ccccc2)N=C1c1ccc(-n2c3ccccc3c3ccccc32)cc1. The summed E-state index contributed by atoms with van der Waals surface area (Å²) in [6, 6.07) is 36.4. The maximum atomic E-state index is 4.99. The normalized spacial score (nSPS) is 14.0. The van der Waals surface area contributed by atoms with Gasteiger partial charge in [0.1, 0.15) is 5.84 Å². The molecule has 6 rings (SSSR count). The molecule has 4 aromatic carbocycles. The van der Waals surface area contributed by atoms with Gasteiger partial charge in [-0.15, -0.1) is 0 Å². The monoisotopic (exact) mass is 413 g/mol. The van der Waals surface area contributed by atoms with E-state index in [2.05, 4.69) is 120 Å². The summed E-state index contributed by atoms with van der Waals surface area (Å²) in [5.41, 5.74) is 6.92. The fraction of sp³-hybridized carbons (Fsp3) is 0.0690. The largest absolute Gasteiger partial charge is 0.355 e. The minimum Gasteiger partial charge on any atom is -0.355 e. The predicted molar refractivity (Wildman–Crippen MR) is 134 cm³/mol. The van der Waals surface area contributed by atoms with Crippen molar-refractivity contribution in [3.05, 3.63) is 120 Å². The van der Waals surface area contributed by atoms with Gasteiger partial charge in [0.05, 0.1) is 16.7 Å². The van der Waals surface area contributed by atoms with Crippen LogP contribution in [-0.2, 0) is 0 Å². The first kappa shape index (κ1) is 18.6. The highest BCUT2D eigenvalue weighted by Crippen LogP contribution is 2.32. The molecule has 0 unspecified atom stereocenters. The van der Waals surface area contributed by atoms with Gasteiger partial charge in [-0.2, -0.15) is 0 Å². The summed E-state index contributed by atoms with van der Waals surface area (Å²) in [4.78, 5) is 7.19. The molecule has 32 heavy (non-hydrogen) atoms. The van der Waals surface area contributed by atoms with E-state index >= 15 is 0 Å². The Hall–Kier alpha value is -4.11. The predicted octanol–water partition coefficient (Wildman–Crippen LogP) is 6.52. The number of likely N-dealkylation sites (N-methyl/N-ethyl adjacent to an activating group) is 1. The van der Waals surface area contributed by atoms with Gasteiger partial charge < -0.3 is 9.47 Å². The molecular formula is C29H23N3. The Labute approximate surface area is 187 Å². The Kier molecular flexibility index (Phi) is 4.39. The van der Waals surface area contributed by atoms with Gasteiger partial charge in [0.15, 0.2) is 0 Å². The van der Waals surface area contributed by atoms with Gasteiger partial charge in [-0.25, -0.2) is 4.99 Å². The van der Waals surface area contributed by atoms with E-state index in [0.717, 1.165) is 34.9 Å². The van der Waals surface area contributed by atoms with Crippen LogP contribution in [-0.4, -0.2) is 28.9 Å². The summed E-state index contributed by atoms with van der Waals surface area (Å²) in [5.74, 6) is 1.00. The van der Waals surface area contributed by atoms with E-state index in [1.165, 1.54) is 21.8 Å². The second-order valence-corrected chi connectivity index (χ2v) is 8.19. The maximum absolute atomic E-state index is 4.99. The van der Waals surface area contributed by atoms with Crippen LogP contribution in [0.2, 0.25) is 0 Å². The maximum Gasteiger partial charge on any atom is 0.136 e. The summed E-state index contributed by atoms with van der Waals surface area (Å²) < 4.78 is 2.34. The molecule has 0 spiro atoms. The Balaban J connectivity index is 1.43. The molecule has 0 N–H and O–H groups in total. The van der Waals surface area contributed by atoms with Crippen molar-refractivity contribution in [3.63, 3.8) is 0 Å². The second kappa shape index (κ2) is 7.54. The van der Waals surface area contributed by atoms with Crippen molar-refractivity contribution in [2.75, 3.05) is 13.6 Å². The van der Waals surface area contributed by atoms with Crippen molar-refractivity contribution < 1.29 is 0 Å². The highest BCUT2D eigenvalue weighted by molar-refractivity contribution is 6.09. The first-order valence-corrected chi connectivity index (χ1v) is 10.9. The highest BCUT2D eigenvalue weighted by atomic mass is 15.2. The summed E-state index contributed by atoms with van der Waals surface area (Å²) in [6.45, 7) is 0.845. The molecule has 2 heterocycles. The van der Waals surface area contributed by atoms with Crippen molar-refractivity contribution >= 4 is 33.3 Å². The Morgan fingerprint density at radius 3 is 1.88 bits per heavy atom. The van der Waals surface area contributed by atoms with Crippen molar-refractivity contribution in [1.82, 2.24) is 9.47 Å². The van der Waals surface area contributed by atoms with Crippen LogP contribution in [0.3, 0.4) is 0 Å². The third-order valence-electron chi connectivity index (χ3n) is 6.18. The lowest BCUT2D eigenvalue weighted by Gasteiger charge is -2.25. The zero-order valence-electron chi connectivity index (χ0n) is 17.9. The quantitative estimate of drug-likeness (QED) is 0.330. The number of fused-ring (bicyclic) bond motifs is 3. The molecule has 1 aromatic heterocycles. The zero-order chi connectivity index (χ0) is 21.5. The molecule has 154 valence electrons. The lowest BCUT2D eigenvalue weighted by Crippen LogP contribution is -2.30. The van der Waals surface area contributed by atoms with Gasteiger partial charge in [-0.3, -0.25) is 0 Å². The number of rotatable bonds is 3. The Morgan fingerprint density at radius 2 is 1.22 bits per heavy atom. The molecule has 0 saturated carbocycles. The lowest BCUT2D eigenvalue weighted by molar-refractivity contribution is 0.559. The average molecular weight is 414 g/mol. The van der Waals surface area contributed by atoms with E-state index in [0.29, 0.717) is 0 Å². The van der Waals surface area contributed by atoms with Gasteiger partial charge in [0.2, 0.25) is 0 Å². The van der Waals surface area contributed by atoms with E-state index in [9.17, 15) is 0 Å². The minimum absolute atomic E-state index is 0.845. The van der Waals surface area contributed by atoms with Gasteiger partial charge >= 0.3 is 0 Å². The molecule has 0 radical (unpaired) electrons. The molecule has 3 nitrogen and oxygen atoms in total. The van der Waals surface area contributed by atoms with E-state index < -0.39 is 0 Å².